The highest BCUT2D eigenvalue weighted by molar-refractivity contribution is 5.95. The Bertz CT molecular complexity index is 2260. The standard InChI is InChI=1S/C44H36F18O10/c1-3-29(63)69-21-11-7-5-9-19-67-25-15-13-23(31(39(45,46)47)33(25)41(51,52)53)37(65)71-27-17-18-28(36(44(60,61)62)35(27)43(57,58)59)72-38(66)24-14-16-26(34(42(54,55)56)32(24)40(48,49)50)68-20-10-6-8-12-22-70-30(64)4-2/h3-4,13-18H,1-2,5-12,19-22H2. The quantitative estimate of drug-likeness (QED) is 0.0316. The fourth-order valence-electron chi connectivity index (χ4n) is 6.45. The smallest absolute Gasteiger partial charge is 0.420 e. The molecule has 3 aromatic rings. The summed E-state index contributed by atoms with van der Waals surface area (Å²) in [7, 11) is 0. The first-order valence-electron chi connectivity index (χ1n) is 20.4. The van der Waals surface area contributed by atoms with Gasteiger partial charge in [-0.3, -0.25) is 0 Å². The molecular formula is C44H36F18O10. The highest BCUT2D eigenvalue weighted by atomic mass is 19.4. The van der Waals surface area contributed by atoms with Gasteiger partial charge in [0.2, 0.25) is 0 Å². The lowest BCUT2D eigenvalue weighted by molar-refractivity contribution is -0.164. The number of halogens is 18. The summed E-state index contributed by atoms with van der Waals surface area (Å²) >= 11 is 0. The van der Waals surface area contributed by atoms with E-state index in [2.05, 4.69) is 22.6 Å². The van der Waals surface area contributed by atoms with Crippen LogP contribution in [0.15, 0.2) is 61.7 Å². The molecule has 0 heterocycles. The van der Waals surface area contributed by atoms with E-state index in [0.717, 1.165) is 12.2 Å². The van der Waals surface area contributed by atoms with Crippen molar-refractivity contribution in [1.29, 1.82) is 0 Å². The number of carbonyl (C=O) groups excluding carboxylic acids is 4. The second kappa shape index (κ2) is 24.2. The van der Waals surface area contributed by atoms with Crippen molar-refractivity contribution in [1.82, 2.24) is 0 Å². The molecule has 0 bridgehead atoms. The van der Waals surface area contributed by atoms with Gasteiger partial charge in [0.1, 0.15) is 45.3 Å². The molecule has 0 radical (unpaired) electrons. The monoisotopic (exact) mass is 1070 g/mol. The summed E-state index contributed by atoms with van der Waals surface area (Å²) in [6, 6.07) is -0.645. The molecule has 0 atom stereocenters. The maximum absolute atomic E-state index is 14.5. The van der Waals surface area contributed by atoms with Crippen LogP contribution >= 0.6 is 0 Å². The van der Waals surface area contributed by atoms with Gasteiger partial charge < -0.3 is 28.4 Å². The first kappa shape index (κ1) is 59.7. The van der Waals surface area contributed by atoms with Gasteiger partial charge in [-0.25, -0.2) is 19.2 Å². The average Bonchev–Trinajstić information content (AvgIpc) is 3.25. The zero-order valence-electron chi connectivity index (χ0n) is 36.4. The Labute approximate surface area is 394 Å². The summed E-state index contributed by atoms with van der Waals surface area (Å²) in [5, 5.41) is 0. The van der Waals surface area contributed by atoms with Crippen molar-refractivity contribution in [2.45, 2.75) is 88.4 Å². The van der Waals surface area contributed by atoms with E-state index in [-0.39, 0.29) is 101 Å². The fraction of sp³-hybridized carbons (Fsp3) is 0.409. The second-order valence-corrected chi connectivity index (χ2v) is 14.6. The molecule has 0 spiro atoms. The Morgan fingerprint density at radius 1 is 0.361 bits per heavy atom. The van der Waals surface area contributed by atoms with Gasteiger partial charge in [0, 0.05) is 12.2 Å². The highest BCUT2D eigenvalue weighted by Crippen LogP contribution is 2.52. The van der Waals surface area contributed by atoms with Crippen LogP contribution in [0.1, 0.15) is 105 Å². The predicted octanol–water partition coefficient (Wildman–Crippen LogP) is 13.6. The third-order valence-corrected chi connectivity index (χ3v) is 9.42. The van der Waals surface area contributed by atoms with Crippen molar-refractivity contribution in [3.63, 3.8) is 0 Å². The molecule has 0 aliphatic carbocycles. The Morgan fingerprint density at radius 2 is 0.611 bits per heavy atom. The predicted molar refractivity (Wildman–Crippen MR) is 209 cm³/mol. The number of esters is 4. The first-order chi connectivity index (χ1) is 33.2. The second-order valence-electron chi connectivity index (χ2n) is 14.6. The minimum Gasteiger partial charge on any atom is -0.493 e. The SMILES string of the molecule is C=CC(=O)OCCCCCCOc1ccc(C(=O)Oc2ccc(OC(=O)c3ccc(OCCCCCCOC(=O)C=C)c(C(F)(F)F)c3C(F)(F)F)c(C(F)(F)F)c2C(F)(F)F)c(C(F)(F)F)c1C(F)(F)F. The number of carbonyl (C=O) groups is 4. The van der Waals surface area contributed by atoms with Crippen molar-refractivity contribution in [2.75, 3.05) is 26.4 Å². The zero-order valence-corrected chi connectivity index (χ0v) is 36.4. The molecule has 0 fully saturated rings. The number of ether oxygens (including phenoxy) is 6. The van der Waals surface area contributed by atoms with Gasteiger partial charge >= 0.3 is 60.9 Å². The topological polar surface area (TPSA) is 124 Å². The summed E-state index contributed by atoms with van der Waals surface area (Å²) in [5.74, 6) is -15.1. The van der Waals surface area contributed by atoms with Gasteiger partial charge in [-0.15, -0.1) is 0 Å². The van der Waals surface area contributed by atoms with Gasteiger partial charge in [-0.05, 0) is 87.8 Å². The lowest BCUT2D eigenvalue weighted by Gasteiger charge is -2.24. The maximum Gasteiger partial charge on any atom is 0.420 e. The molecule has 10 nitrogen and oxygen atoms in total. The number of hydrogen-bond donors (Lipinski definition) is 0. The van der Waals surface area contributed by atoms with Crippen molar-refractivity contribution in [3.05, 3.63) is 106 Å². The van der Waals surface area contributed by atoms with Crippen LogP contribution in [0, 0.1) is 0 Å². The normalized spacial score (nSPS) is 12.5. The van der Waals surface area contributed by atoms with Crippen molar-refractivity contribution in [3.8, 4) is 23.0 Å². The number of alkyl halides is 18. The van der Waals surface area contributed by atoms with Gasteiger partial charge in [-0.1, -0.05) is 13.2 Å². The van der Waals surface area contributed by atoms with Gasteiger partial charge in [0.05, 0.1) is 48.7 Å². The lowest BCUT2D eigenvalue weighted by Crippen LogP contribution is -2.26. The Balaban J connectivity index is 2.06. The Morgan fingerprint density at radius 3 is 0.875 bits per heavy atom. The third-order valence-electron chi connectivity index (χ3n) is 9.42. The molecule has 0 saturated heterocycles. The van der Waals surface area contributed by atoms with Gasteiger partial charge in [0.15, 0.2) is 0 Å². The molecule has 0 saturated carbocycles. The Kier molecular flexibility index (Phi) is 20.0. The van der Waals surface area contributed by atoms with Crippen LogP contribution in [-0.4, -0.2) is 50.3 Å². The van der Waals surface area contributed by atoms with Crippen LogP contribution < -0.4 is 18.9 Å². The van der Waals surface area contributed by atoms with E-state index in [1.165, 1.54) is 0 Å². The van der Waals surface area contributed by atoms with Crippen LogP contribution in [0.25, 0.3) is 0 Å². The number of rotatable bonds is 22. The molecule has 28 heteroatoms. The molecule has 0 amide bonds. The Hall–Kier alpha value is -6.64. The highest BCUT2D eigenvalue weighted by Gasteiger charge is 2.53. The molecule has 72 heavy (non-hydrogen) atoms. The lowest BCUT2D eigenvalue weighted by atomic mass is 9.98. The molecule has 3 rings (SSSR count). The summed E-state index contributed by atoms with van der Waals surface area (Å²) in [6.07, 6.45) is -34.8. The van der Waals surface area contributed by atoms with Crippen molar-refractivity contribution >= 4 is 23.9 Å². The number of benzene rings is 3. The molecule has 0 unspecified atom stereocenters. The largest absolute Gasteiger partial charge is 0.493 e. The molecule has 398 valence electrons. The van der Waals surface area contributed by atoms with Crippen molar-refractivity contribution in [2.24, 2.45) is 0 Å². The number of hydrogen-bond acceptors (Lipinski definition) is 10. The molecule has 0 N–H and O–H groups in total. The van der Waals surface area contributed by atoms with Crippen LogP contribution in [-0.2, 0) is 56.1 Å². The summed E-state index contributed by atoms with van der Waals surface area (Å²) < 4.78 is 287. The molecule has 3 aromatic carbocycles. The molecule has 0 aliphatic heterocycles. The van der Waals surface area contributed by atoms with Crippen molar-refractivity contribution < 1.29 is 127 Å². The summed E-state index contributed by atoms with van der Waals surface area (Å²) in [4.78, 5) is 48.4. The first-order valence-corrected chi connectivity index (χ1v) is 20.4. The van der Waals surface area contributed by atoms with E-state index in [9.17, 15) is 98.2 Å². The average molecular weight is 1070 g/mol. The van der Waals surface area contributed by atoms with E-state index in [4.69, 9.17) is 18.9 Å². The van der Waals surface area contributed by atoms with Crippen LogP contribution in [0.2, 0.25) is 0 Å². The van der Waals surface area contributed by atoms with Gasteiger partial charge in [-0.2, -0.15) is 79.0 Å². The van der Waals surface area contributed by atoms with E-state index in [1.807, 2.05) is 0 Å². The van der Waals surface area contributed by atoms with Crippen LogP contribution in [0.5, 0.6) is 23.0 Å². The molecular weight excluding hydrogens is 1030 g/mol. The van der Waals surface area contributed by atoms with E-state index >= 15 is 0 Å². The maximum atomic E-state index is 14.5. The number of unbranched alkanes of at least 4 members (excludes halogenated alkanes) is 6. The summed E-state index contributed by atoms with van der Waals surface area (Å²) in [5.41, 5.74) is -22.3. The van der Waals surface area contributed by atoms with E-state index in [0.29, 0.717) is 0 Å². The molecule has 0 aromatic heterocycles. The van der Waals surface area contributed by atoms with E-state index in [1.54, 1.807) is 0 Å². The summed E-state index contributed by atoms with van der Waals surface area (Å²) in [6.45, 7) is 4.74. The minimum absolute atomic E-state index is 0.0731. The van der Waals surface area contributed by atoms with Gasteiger partial charge in [0.25, 0.3) is 0 Å². The fourth-order valence-corrected chi connectivity index (χ4v) is 6.45. The van der Waals surface area contributed by atoms with Crippen LogP contribution in [0.4, 0.5) is 79.0 Å². The van der Waals surface area contributed by atoms with E-state index < -0.39 is 142 Å². The molecule has 0 aliphatic rings. The third kappa shape index (κ3) is 16.5. The minimum atomic E-state index is -6.50. The van der Waals surface area contributed by atoms with Crippen LogP contribution in [0.3, 0.4) is 0 Å². The zero-order chi connectivity index (χ0) is 54.6.